The number of Topliss-reactive ketones (excluding diaryl/α,β-unsaturated/α-hetero) is 1. The standard InChI is InChI=1S/C4H8NO3P/c1-3(6)4(5)9(7)8-2/h5,7H,1-2H3/p+1. The molecule has 0 radical (unpaired) electrons. The average molecular weight is 150 g/mol. The molecule has 1 atom stereocenters. The summed E-state index contributed by atoms with van der Waals surface area (Å²) in [6, 6.07) is 0. The molecule has 0 fully saturated rings. The molecule has 0 heterocycles. The Labute approximate surface area is 54.3 Å². The molecule has 0 saturated heterocycles. The van der Waals surface area contributed by atoms with E-state index in [1.165, 1.54) is 14.0 Å². The molecule has 0 rings (SSSR count). The maximum atomic E-state index is 10.3. The summed E-state index contributed by atoms with van der Waals surface area (Å²) in [6.07, 6.45) is 0. The van der Waals surface area contributed by atoms with Gasteiger partial charge < -0.3 is 0 Å². The Morgan fingerprint density at radius 2 is 2.22 bits per heavy atom. The maximum absolute atomic E-state index is 10.3. The van der Waals surface area contributed by atoms with Crippen LogP contribution in [0.1, 0.15) is 6.92 Å². The van der Waals surface area contributed by atoms with Gasteiger partial charge in [-0.05, 0) is 0 Å². The van der Waals surface area contributed by atoms with Gasteiger partial charge in [0.1, 0.15) is 0 Å². The molecule has 4 nitrogen and oxygen atoms in total. The lowest BCUT2D eigenvalue weighted by atomic mass is 10.5. The van der Waals surface area contributed by atoms with Crippen molar-refractivity contribution in [2.24, 2.45) is 0 Å². The zero-order chi connectivity index (χ0) is 7.44. The van der Waals surface area contributed by atoms with Crippen LogP contribution in [0, 0.1) is 5.41 Å². The van der Waals surface area contributed by atoms with Crippen molar-refractivity contribution in [1.82, 2.24) is 0 Å². The highest BCUT2D eigenvalue weighted by molar-refractivity contribution is 7.68. The molecule has 2 N–H and O–H groups in total. The molecule has 0 aromatic heterocycles. The van der Waals surface area contributed by atoms with E-state index in [1.54, 1.807) is 0 Å². The number of rotatable bonds is 3. The molecule has 52 valence electrons. The smallest absolute Gasteiger partial charge is 0.289 e. The van der Waals surface area contributed by atoms with Crippen LogP contribution in [0.5, 0.6) is 0 Å². The van der Waals surface area contributed by atoms with Crippen LogP contribution in [-0.2, 0) is 9.32 Å². The van der Waals surface area contributed by atoms with Gasteiger partial charge in [-0.15, -0.1) is 0 Å². The zero-order valence-electron chi connectivity index (χ0n) is 5.26. The zero-order valence-corrected chi connectivity index (χ0v) is 6.26. The second-order valence-electron chi connectivity index (χ2n) is 1.44. The van der Waals surface area contributed by atoms with Crippen molar-refractivity contribution in [3.05, 3.63) is 0 Å². The van der Waals surface area contributed by atoms with Crippen molar-refractivity contribution in [3.8, 4) is 0 Å². The molecule has 9 heavy (non-hydrogen) atoms. The molecule has 0 aliphatic heterocycles. The Kier molecular flexibility index (Phi) is 3.54. The number of hydrogen-bond donors (Lipinski definition) is 2. The van der Waals surface area contributed by atoms with Gasteiger partial charge in [0.05, 0.1) is 7.11 Å². The predicted molar refractivity (Wildman–Crippen MR) is 36.0 cm³/mol. The molecule has 0 spiro atoms. The first-order valence-corrected chi connectivity index (χ1v) is 3.65. The van der Waals surface area contributed by atoms with Crippen LogP contribution in [0.25, 0.3) is 0 Å². The number of hydrogen-bond acceptors (Lipinski definition) is 4. The summed E-state index contributed by atoms with van der Waals surface area (Å²) >= 11 is 0. The summed E-state index contributed by atoms with van der Waals surface area (Å²) < 4.78 is 4.39. The van der Waals surface area contributed by atoms with Gasteiger partial charge in [-0.2, -0.15) is 0 Å². The molecule has 5 heteroatoms. The van der Waals surface area contributed by atoms with Crippen LogP contribution < -0.4 is 0 Å². The highest BCUT2D eigenvalue weighted by atomic mass is 31.2. The van der Waals surface area contributed by atoms with E-state index < -0.39 is 14.2 Å². The first kappa shape index (κ1) is 8.69. The minimum Gasteiger partial charge on any atom is -0.289 e. The number of carbonyl (C=O) groups excluding carboxylic acids is 1. The van der Waals surface area contributed by atoms with Crippen LogP contribution in [0.3, 0.4) is 0 Å². The molecular formula is C4H9NO3P+. The van der Waals surface area contributed by atoms with Crippen molar-refractivity contribution in [3.63, 3.8) is 0 Å². The predicted octanol–water partition coefficient (Wildman–Crippen LogP) is 0.236. The fraction of sp³-hybridized carbons (Fsp3) is 0.500. The van der Waals surface area contributed by atoms with Crippen LogP contribution in [0.2, 0.25) is 0 Å². The third-order valence-corrected chi connectivity index (χ3v) is 1.93. The first-order valence-electron chi connectivity index (χ1n) is 2.29. The summed E-state index contributed by atoms with van der Waals surface area (Å²) in [6.45, 7) is 1.22. The van der Waals surface area contributed by atoms with E-state index in [4.69, 9.17) is 10.3 Å². The van der Waals surface area contributed by atoms with Crippen LogP contribution in [-0.4, -0.2) is 23.2 Å². The van der Waals surface area contributed by atoms with E-state index in [0.717, 1.165) is 0 Å². The Morgan fingerprint density at radius 3 is 2.33 bits per heavy atom. The maximum Gasteiger partial charge on any atom is 0.312 e. The van der Waals surface area contributed by atoms with E-state index in [0.29, 0.717) is 0 Å². The Bertz CT molecular complexity index is 136. The second-order valence-corrected chi connectivity index (χ2v) is 2.96. The Hall–Kier alpha value is -0.310. The number of ketones is 1. The molecule has 1 unspecified atom stereocenters. The van der Waals surface area contributed by atoms with Gasteiger partial charge in [-0.1, -0.05) is 0 Å². The highest BCUT2D eigenvalue weighted by Crippen LogP contribution is 2.30. The molecule has 0 aromatic carbocycles. The summed E-state index contributed by atoms with van der Waals surface area (Å²) in [5, 5.41) is 6.87. The fourth-order valence-electron chi connectivity index (χ4n) is 0.253. The quantitative estimate of drug-likeness (QED) is 0.447. The summed E-state index contributed by atoms with van der Waals surface area (Å²) in [4.78, 5) is 19.0. The van der Waals surface area contributed by atoms with Gasteiger partial charge in [0.15, 0.2) is 0 Å². The van der Waals surface area contributed by atoms with E-state index >= 15 is 0 Å². The second kappa shape index (κ2) is 3.67. The van der Waals surface area contributed by atoms with E-state index in [2.05, 4.69) is 4.52 Å². The van der Waals surface area contributed by atoms with E-state index in [-0.39, 0.29) is 5.45 Å². The minimum absolute atomic E-state index is 0.317. The van der Waals surface area contributed by atoms with Crippen LogP contribution in [0.4, 0.5) is 0 Å². The lowest BCUT2D eigenvalue weighted by molar-refractivity contribution is -0.110. The largest absolute Gasteiger partial charge is 0.312 e. The molecule has 0 amide bonds. The summed E-state index contributed by atoms with van der Waals surface area (Å²) in [7, 11) is -1.00. The van der Waals surface area contributed by atoms with Gasteiger partial charge >= 0.3 is 8.38 Å². The van der Waals surface area contributed by atoms with Gasteiger partial charge in [0.2, 0.25) is 5.78 Å². The topological polar surface area (TPSA) is 70.4 Å². The van der Waals surface area contributed by atoms with E-state index in [1.807, 2.05) is 0 Å². The van der Waals surface area contributed by atoms with Crippen molar-refractivity contribution in [1.29, 1.82) is 5.41 Å². The van der Waals surface area contributed by atoms with Crippen molar-refractivity contribution < 1.29 is 14.2 Å². The molecule has 0 aromatic rings. The lowest BCUT2D eigenvalue weighted by Crippen LogP contribution is -2.06. The first-order chi connectivity index (χ1) is 4.09. The normalized spacial score (nSPS) is 12.8. The third-order valence-electron chi connectivity index (χ3n) is 0.759. The highest BCUT2D eigenvalue weighted by Gasteiger charge is 2.23. The molecule has 0 aliphatic rings. The molecule has 0 saturated carbocycles. The Morgan fingerprint density at radius 1 is 1.78 bits per heavy atom. The summed E-state index contributed by atoms with van der Waals surface area (Å²) in [5.74, 6) is -0.437. The molecule has 0 bridgehead atoms. The monoisotopic (exact) mass is 150 g/mol. The van der Waals surface area contributed by atoms with E-state index in [9.17, 15) is 4.79 Å². The Balaban J connectivity index is 3.88. The number of nitrogens with one attached hydrogen (secondary N) is 1. The van der Waals surface area contributed by atoms with Gasteiger partial charge in [0.25, 0.3) is 5.45 Å². The molecule has 0 aliphatic carbocycles. The molecular weight excluding hydrogens is 141 g/mol. The van der Waals surface area contributed by atoms with Crippen molar-refractivity contribution in [2.75, 3.05) is 7.11 Å². The van der Waals surface area contributed by atoms with Crippen LogP contribution >= 0.6 is 8.38 Å². The van der Waals surface area contributed by atoms with Gasteiger partial charge in [0, 0.05) is 6.92 Å². The third kappa shape index (κ3) is 2.65. The van der Waals surface area contributed by atoms with Crippen LogP contribution in [0.15, 0.2) is 0 Å². The number of carbonyl (C=O) groups is 1. The van der Waals surface area contributed by atoms with Gasteiger partial charge in [-0.25, -0.2) is 9.42 Å². The minimum atomic E-state index is -2.27. The summed E-state index contributed by atoms with van der Waals surface area (Å²) in [5.41, 5.74) is -0.317. The van der Waals surface area contributed by atoms with Gasteiger partial charge in [-0.3, -0.25) is 10.2 Å². The van der Waals surface area contributed by atoms with Crippen molar-refractivity contribution >= 4 is 19.6 Å². The SMILES string of the molecule is CO[PH+](O)C(=N)C(C)=O. The van der Waals surface area contributed by atoms with Crippen molar-refractivity contribution in [2.45, 2.75) is 6.92 Å². The fourth-order valence-corrected chi connectivity index (χ4v) is 0.758. The average Bonchev–Trinajstić information content (AvgIpc) is 1.84. The lowest BCUT2D eigenvalue weighted by Gasteiger charge is -1.94.